The summed E-state index contributed by atoms with van der Waals surface area (Å²) in [6, 6.07) is 9.47. The highest BCUT2D eigenvalue weighted by atomic mass is 14.9. The van der Waals surface area contributed by atoms with E-state index in [0.717, 1.165) is 12.8 Å². The zero-order chi connectivity index (χ0) is 13.4. The third-order valence-corrected chi connectivity index (χ3v) is 4.28. The molecule has 0 heterocycles. The molecule has 0 aromatic heterocycles. The molecule has 1 aliphatic rings. The number of rotatable bonds is 2. The number of hydrogen-bond donors (Lipinski definition) is 2. The van der Waals surface area contributed by atoms with Crippen molar-refractivity contribution < 1.29 is 0 Å². The lowest BCUT2D eigenvalue weighted by Gasteiger charge is -2.26. The molecule has 1 aromatic carbocycles. The van der Waals surface area contributed by atoms with Crippen LogP contribution in [0.1, 0.15) is 51.2 Å². The van der Waals surface area contributed by atoms with E-state index in [1.165, 1.54) is 17.5 Å². The summed E-state index contributed by atoms with van der Waals surface area (Å²) in [5.41, 5.74) is 9.30. The van der Waals surface area contributed by atoms with Gasteiger partial charge in [0.15, 0.2) is 0 Å². The van der Waals surface area contributed by atoms with E-state index < -0.39 is 0 Å². The molecule has 0 aliphatic heterocycles. The zero-order valence-electron chi connectivity index (χ0n) is 12.1. The van der Waals surface area contributed by atoms with Gasteiger partial charge in [0.1, 0.15) is 0 Å². The lowest BCUT2D eigenvalue weighted by atomic mass is 9.83. The van der Waals surface area contributed by atoms with Crippen LogP contribution in [0.3, 0.4) is 0 Å². The minimum Gasteiger partial charge on any atom is -0.321 e. The first kappa shape index (κ1) is 13.6. The molecule has 2 nitrogen and oxygen atoms in total. The lowest BCUT2D eigenvalue weighted by Crippen LogP contribution is -2.36. The number of nitrogens with one attached hydrogen (secondary N) is 1. The van der Waals surface area contributed by atoms with Gasteiger partial charge in [-0.1, -0.05) is 45.0 Å². The lowest BCUT2D eigenvalue weighted by molar-refractivity contribution is 0.441. The molecule has 0 radical (unpaired) electrons. The van der Waals surface area contributed by atoms with Crippen LogP contribution in [0, 0.1) is 0 Å². The Bertz CT molecular complexity index is 402. The predicted octanol–water partition coefficient (Wildman–Crippen LogP) is 2.91. The third-order valence-electron chi connectivity index (χ3n) is 4.28. The summed E-state index contributed by atoms with van der Waals surface area (Å²) in [6.07, 6.45) is 3.29. The Labute approximate surface area is 111 Å². The van der Waals surface area contributed by atoms with Gasteiger partial charge in [0.2, 0.25) is 0 Å². The first-order valence-electron chi connectivity index (χ1n) is 6.92. The molecule has 2 unspecified atom stereocenters. The largest absolute Gasteiger partial charge is 0.321 e. The van der Waals surface area contributed by atoms with Gasteiger partial charge < -0.3 is 11.1 Å². The molecule has 100 valence electrons. The smallest absolute Gasteiger partial charge is 0.0425 e. The molecular weight excluding hydrogens is 220 g/mol. The van der Waals surface area contributed by atoms with Gasteiger partial charge in [-0.05, 0) is 42.9 Å². The maximum atomic E-state index is 6.57. The first-order valence-corrected chi connectivity index (χ1v) is 6.92. The molecule has 0 bridgehead atoms. The van der Waals surface area contributed by atoms with Gasteiger partial charge in [-0.15, -0.1) is 0 Å². The Balaban J connectivity index is 2.20. The zero-order valence-corrected chi connectivity index (χ0v) is 12.1. The average molecular weight is 246 g/mol. The van der Waals surface area contributed by atoms with Crippen molar-refractivity contribution in [1.29, 1.82) is 0 Å². The second-order valence-corrected chi connectivity index (χ2v) is 6.71. The van der Waals surface area contributed by atoms with Crippen LogP contribution in [0.25, 0.3) is 0 Å². The second kappa shape index (κ2) is 4.67. The third kappa shape index (κ3) is 2.60. The number of hydrogen-bond acceptors (Lipinski definition) is 2. The van der Waals surface area contributed by atoms with Gasteiger partial charge in [-0.25, -0.2) is 0 Å². The molecule has 1 fully saturated rings. The van der Waals surface area contributed by atoms with E-state index in [-0.39, 0.29) is 11.0 Å². The number of nitrogens with two attached hydrogens (primary N) is 1. The van der Waals surface area contributed by atoms with Crippen molar-refractivity contribution in [3.8, 4) is 0 Å². The molecule has 0 saturated heterocycles. The van der Waals surface area contributed by atoms with Crippen molar-refractivity contribution in [3.05, 3.63) is 35.4 Å². The fourth-order valence-corrected chi connectivity index (χ4v) is 2.89. The van der Waals surface area contributed by atoms with E-state index in [1.807, 2.05) is 7.05 Å². The minimum atomic E-state index is -0.135. The Hall–Kier alpha value is -0.860. The molecule has 1 aromatic rings. The molecule has 3 N–H and O–H groups in total. The Morgan fingerprint density at radius 1 is 1.22 bits per heavy atom. The van der Waals surface area contributed by atoms with Gasteiger partial charge in [-0.3, -0.25) is 0 Å². The van der Waals surface area contributed by atoms with Crippen molar-refractivity contribution in [3.63, 3.8) is 0 Å². The second-order valence-electron chi connectivity index (χ2n) is 6.71. The quantitative estimate of drug-likeness (QED) is 0.842. The fraction of sp³-hybridized carbons (Fsp3) is 0.625. The fourth-order valence-electron chi connectivity index (χ4n) is 2.89. The van der Waals surface area contributed by atoms with E-state index >= 15 is 0 Å². The van der Waals surface area contributed by atoms with E-state index in [0.29, 0.717) is 6.04 Å². The van der Waals surface area contributed by atoms with E-state index in [1.54, 1.807) is 0 Å². The molecule has 18 heavy (non-hydrogen) atoms. The van der Waals surface area contributed by atoms with Crippen molar-refractivity contribution in [2.45, 2.75) is 57.0 Å². The molecule has 2 rings (SSSR count). The van der Waals surface area contributed by atoms with Crippen LogP contribution in [0.15, 0.2) is 24.3 Å². The monoisotopic (exact) mass is 246 g/mol. The summed E-state index contributed by atoms with van der Waals surface area (Å²) < 4.78 is 0. The highest BCUT2D eigenvalue weighted by Gasteiger charge is 2.36. The molecule has 1 aliphatic carbocycles. The highest BCUT2D eigenvalue weighted by Crippen LogP contribution is 2.37. The summed E-state index contributed by atoms with van der Waals surface area (Å²) in [6.45, 7) is 6.73. The van der Waals surface area contributed by atoms with Gasteiger partial charge in [0.25, 0.3) is 0 Å². The Morgan fingerprint density at radius 3 is 2.28 bits per heavy atom. The summed E-state index contributed by atoms with van der Waals surface area (Å²) in [4.78, 5) is 0. The van der Waals surface area contributed by atoms with E-state index in [2.05, 4.69) is 50.4 Å². The SMILES string of the molecule is CNC1CCC(N)(c2ccc(C(C)(C)C)cc2)C1. The molecule has 0 amide bonds. The van der Waals surface area contributed by atoms with Gasteiger partial charge in [0.05, 0.1) is 0 Å². The maximum Gasteiger partial charge on any atom is 0.0425 e. The summed E-state index contributed by atoms with van der Waals surface area (Å²) in [5.74, 6) is 0. The Morgan fingerprint density at radius 2 is 1.83 bits per heavy atom. The van der Waals surface area contributed by atoms with Crippen LogP contribution < -0.4 is 11.1 Å². The van der Waals surface area contributed by atoms with Crippen LogP contribution in [0.4, 0.5) is 0 Å². The molecule has 2 atom stereocenters. The first-order chi connectivity index (χ1) is 8.35. The van der Waals surface area contributed by atoms with Crippen molar-refractivity contribution >= 4 is 0 Å². The van der Waals surface area contributed by atoms with Crippen molar-refractivity contribution in [2.24, 2.45) is 5.73 Å². The van der Waals surface area contributed by atoms with Crippen LogP contribution in [-0.2, 0) is 11.0 Å². The molecule has 1 saturated carbocycles. The molecule has 2 heteroatoms. The maximum absolute atomic E-state index is 6.57. The minimum absolute atomic E-state index is 0.135. The van der Waals surface area contributed by atoms with E-state index in [9.17, 15) is 0 Å². The van der Waals surface area contributed by atoms with Crippen LogP contribution in [0.5, 0.6) is 0 Å². The van der Waals surface area contributed by atoms with Crippen LogP contribution in [0.2, 0.25) is 0 Å². The normalized spacial score (nSPS) is 28.6. The predicted molar refractivity (Wildman–Crippen MR) is 77.7 cm³/mol. The van der Waals surface area contributed by atoms with Gasteiger partial charge in [-0.2, -0.15) is 0 Å². The topological polar surface area (TPSA) is 38.0 Å². The van der Waals surface area contributed by atoms with Crippen LogP contribution in [-0.4, -0.2) is 13.1 Å². The highest BCUT2D eigenvalue weighted by molar-refractivity contribution is 5.32. The standard InChI is InChI=1S/C16H26N2/c1-15(2,3)12-5-7-13(8-6-12)16(17)10-9-14(11-16)18-4/h5-8,14,18H,9-11,17H2,1-4H3. The van der Waals surface area contributed by atoms with Gasteiger partial charge in [0, 0.05) is 11.6 Å². The van der Waals surface area contributed by atoms with E-state index in [4.69, 9.17) is 5.73 Å². The van der Waals surface area contributed by atoms with Crippen molar-refractivity contribution in [2.75, 3.05) is 7.05 Å². The average Bonchev–Trinajstić information content (AvgIpc) is 2.72. The summed E-state index contributed by atoms with van der Waals surface area (Å²) >= 11 is 0. The van der Waals surface area contributed by atoms with Gasteiger partial charge >= 0.3 is 0 Å². The summed E-state index contributed by atoms with van der Waals surface area (Å²) in [5, 5.41) is 3.34. The van der Waals surface area contributed by atoms with Crippen molar-refractivity contribution in [1.82, 2.24) is 5.32 Å². The number of benzene rings is 1. The Kier molecular flexibility index (Phi) is 3.52. The molecular formula is C16H26N2. The summed E-state index contributed by atoms with van der Waals surface area (Å²) in [7, 11) is 2.03. The van der Waals surface area contributed by atoms with Crippen LogP contribution >= 0.6 is 0 Å². The molecule has 0 spiro atoms.